The summed E-state index contributed by atoms with van der Waals surface area (Å²) in [6.45, 7) is 2.95. The van der Waals surface area contributed by atoms with Crippen LogP contribution in [0.25, 0.3) is 16.9 Å². The third-order valence-electron chi connectivity index (χ3n) is 3.50. The Bertz CT molecular complexity index is 738. The molecule has 2 heterocycles. The molecule has 23 heavy (non-hydrogen) atoms. The average Bonchev–Trinajstić information content (AvgIpc) is 3.00. The van der Waals surface area contributed by atoms with Gasteiger partial charge in [-0.15, -0.1) is 0 Å². The van der Waals surface area contributed by atoms with Gasteiger partial charge >= 0.3 is 0 Å². The number of aliphatic hydroxyl groups is 1. The monoisotopic (exact) mass is 308 g/mol. The van der Waals surface area contributed by atoms with Crippen LogP contribution in [0.2, 0.25) is 0 Å². The molecule has 3 aromatic rings. The molecule has 3 rings (SSSR count). The molecule has 0 fully saturated rings. The lowest BCUT2D eigenvalue weighted by Gasteiger charge is -2.06. The second-order valence-electron chi connectivity index (χ2n) is 5.50. The highest BCUT2D eigenvalue weighted by molar-refractivity contribution is 5.62. The van der Waals surface area contributed by atoms with E-state index in [1.807, 2.05) is 59.5 Å². The number of nitrogens with zero attached hydrogens (tertiary/aromatic N) is 3. The molecule has 0 bridgehead atoms. The second-order valence-corrected chi connectivity index (χ2v) is 5.50. The van der Waals surface area contributed by atoms with E-state index >= 15 is 0 Å². The van der Waals surface area contributed by atoms with Crippen molar-refractivity contribution in [1.82, 2.24) is 20.1 Å². The standard InChI is InChI=1S/C18H20N4O/c1-14(23)10-20-12-16-13-22(17-7-3-2-4-8-17)21-18(16)15-6-5-9-19-11-15/h2-9,11,13-14,20,23H,10,12H2,1H3. The Labute approximate surface area is 135 Å². The maximum atomic E-state index is 9.41. The third kappa shape index (κ3) is 3.83. The van der Waals surface area contributed by atoms with Crippen LogP contribution in [-0.4, -0.2) is 32.5 Å². The molecule has 0 saturated carbocycles. The van der Waals surface area contributed by atoms with Crippen LogP contribution in [0, 0.1) is 0 Å². The molecule has 118 valence electrons. The number of pyridine rings is 1. The van der Waals surface area contributed by atoms with Gasteiger partial charge in [0.1, 0.15) is 0 Å². The first-order valence-corrected chi connectivity index (χ1v) is 7.67. The molecule has 1 aromatic carbocycles. The first-order valence-electron chi connectivity index (χ1n) is 7.67. The number of hydrogen-bond donors (Lipinski definition) is 2. The van der Waals surface area contributed by atoms with Gasteiger partial charge in [0.25, 0.3) is 0 Å². The maximum Gasteiger partial charge on any atom is 0.0988 e. The van der Waals surface area contributed by atoms with Crippen LogP contribution < -0.4 is 5.32 Å². The van der Waals surface area contributed by atoms with E-state index in [1.54, 1.807) is 13.1 Å². The van der Waals surface area contributed by atoms with Gasteiger partial charge in [0.2, 0.25) is 0 Å². The van der Waals surface area contributed by atoms with Gasteiger partial charge in [-0.3, -0.25) is 4.98 Å². The number of rotatable bonds is 6. The van der Waals surface area contributed by atoms with Crippen LogP contribution in [0.1, 0.15) is 12.5 Å². The first kappa shape index (κ1) is 15.4. The number of aromatic nitrogens is 3. The molecule has 0 aliphatic heterocycles. The van der Waals surface area contributed by atoms with Crippen LogP contribution in [0.3, 0.4) is 0 Å². The van der Waals surface area contributed by atoms with Crippen molar-refractivity contribution in [3.05, 3.63) is 66.6 Å². The van der Waals surface area contributed by atoms with Gasteiger partial charge in [-0.2, -0.15) is 5.10 Å². The van der Waals surface area contributed by atoms with Gasteiger partial charge in [0, 0.05) is 42.8 Å². The molecule has 0 radical (unpaired) electrons. The fraction of sp³-hybridized carbons (Fsp3) is 0.222. The molecular formula is C18H20N4O. The summed E-state index contributed by atoms with van der Waals surface area (Å²) in [6.07, 6.45) is 5.21. The van der Waals surface area contributed by atoms with Gasteiger partial charge in [0.05, 0.1) is 17.5 Å². The fourth-order valence-electron chi connectivity index (χ4n) is 2.41. The van der Waals surface area contributed by atoms with E-state index in [0.717, 1.165) is 22.5 Å². The molecule has 0 saturated heterocycles. The molecule has 0 aliphatic carbocycles. The molecule has 5 nitrogen and oxygen atoms in total. The minimum absolute atomic E-state index is 0.374. The van der Waals surface area contributed by atoms with Crippen LogP contribution >= 0.6 is 0 Å². The summed E-state index contributed by atoms with van der Waals surface area (Å²) in [7, 11) is 0. The third-order valence-corrected chi connectivity index (χ3v) is 3.50. The minimum atomic E-state index is -0.374. The second kappa shape index (κ2) is 7.17. The normalized spacial score (nSPS) is 12.3. The molecule has 0 spiro atoms. The molecule has 5 heteroatoms. The number of hydrogen-bond acceptors (Lipinski definition) is 4. The van der Waals surface area contributed by atoms with E-state index in [1.165, 1.54) is 0 Å². The smallest absolute Gasteiger partial charge is 0.0988 e. The summed E-state index contributed by atoms with van der Waals surface area (Å²) in [4.78, 5) is 4.18. The lowest BCUT2D eigenvalue weighted by Crippen LogP contribution is -2.23. The zero-order valence-corrected chi connectivity index (χ0v) is 13.1. The summed E-state index contributed by atoms with van der Waals surface area (Å²) in [5.41, 5.74) is 3.97. The number of para-hydroxylation sites is 1. The highest BCUT2D eigenvalue weighted by atomic mass is 16.3. The summed E-state index contributed by atoms with van der Waals surface area (Å²) in [6, 6.07) is 13.9. The topological polar surface area (TPSA) is 63.0 Å². The molecule has 1 atom stereocenters. The quantitative estimate of drug-likeness (QED) is 0.734. The Morgan fingerprint density at radius 3 is 2.70 bits per heavy atom. The number of nitrogens with one attached hydrogen (secondary N) is 1. The Balaban J connectivity index is 1.93. The van der Waals surface area contributed by atoms with Crippen LogP contribution in [0.5, 0.6) is 0 Å². The Kier molecular flexibility index (Phi) is 4.80. The summed E-state index contributed by atoms with van der Waals surface area (Å²) >= 11 is 0. The summed E-state index contributed by atoms with van der Waals surface area (Å²) < 4.78 is 1.88. The molecule has 0 aliphatic rings. The minimum Gasteiger partial charge on any atom is -0.392 e. The van der Waals surface area contributed by atoms with Crippen molar-refractivity contribution in [3.8, 4) is 16.9 Å². The highest BCUT2D eigenvalue weighted by Crippen LogP contribution is 2.22. The van der Waals surface area contributed by atoms with E-state index < -0.39 is 0 Å². The molecule has 2 aromatic heterocycles. The van der Waals surface area contributed by atoms with Gasteiger partial charge in [-0.05, 0) is 31.2 Å². The Hall–Kier alpha value is -2.50. The van der Waals surface area contributed by atoms with Crippen molar-refractivity contribution in [3.63, 3.8) is 0 Å². The zero-order chi connectivity index (χ0) is 16.1. The van der Waals surface area contributed by atoms with Crippen molar-refractivity contribution in [2.24, 2.45) is 0 Å². The predicted molar refractivity (Wildman–Crippen MR) is 90.2 cm³/mol. The number of benzene rings is 1. The molecule has 0 amide bonds. The van der Waals surface area contributed by atoms with Crippen LogP contribution in [0.4, 0.5) is 0 Å². The fourth-order valence-corrected chi connectivity index (χ4v) is 2.41. The predicted octanol–water partition coefficient (Wildman–Crippen LogP) is 2.40. The lowest BCUT2D eigenvalue weighted by molar-refractivity contribution is 0.191. The van der Waals surface area contributed by atoms with E-state index in [-0.39, 0.29) is 6.10 Å². The summed E-state index contributed by atoms with van der Waals surface area (Å²) in [5, 5.41) is 17.4. The SMILES string of the molecule is CC(O)CNCc1cn(-c2ccccc2)nc1-c1cccnc1. The van der Waals surface area contributed by atoms with E-state index in [9.17, 15) is 5.11 Å². The zero-order valence-electron chi connectivity index (χ0n) is 13.1. The van der Waals surface area contributed by atoms with Gasteiger partial charge in [-0.25, -0.2) is 4.68 Å². The molecular weight excluding hydrogens is 288 g/mol. The van der Waals surface area contributed by atoms with E-state index in [0.29, 0.717) is 13.1 Å². The molecule has 1 unspecified atom stereocenters. The summed E-state index contributed by atoms with van der Waals surface area (Å²) in [5.74, 6) is 0. The van der Waals surface area contributed by atoms with Crippen molar-refractivity contribution < 1.29 is 5.11 Å². The lowest BCUT2D eigenvalue weighted by atomic mass is 10.1. The van der Waals surface area contributed by atoms with Gasteiger partial charge in [0.15, 0.2) is 0 Å². The molecule has 2 N–H and O–H groups in total. The average molecular weight is 308 g/mol. The first-order chi connectivity index (χ1) is 11.2. The van der Waals surface area contributed by atoms with Crippen molar-refractivity contribution in [1.29, 1.82) is 0 Å². The van der Waals surface area contributed by atoms with Crippen molar-refractivity contribution >= 4 is 0 Å². The van der Waals surface area contributed by atoms with Crippen molar-refractivity contribution in [2.45, 2.75) is 19.6 Å². The van der Waals surface area contributed by atoms with Crippen molar-refractivity contribution in [2.75, 3.05) is 6.54 Å². The number of aliphatic hydroxyl groups excluding tert-OH is 1. The largest absolute Gasteiger partial charge is 0.392 e. The van der Waals surface area contributed by atoms with E-state index in [2.05, 4.69) is 10.3 Å². The maximum absolute atomic E-state index is 9.41. The van der Waals surface area contributed by atoms with Crippen LogP contribution in [0.15, 0.2) is 61.1 Å². The van der Waals surface area contributed by atoms with Gasteiger partial charge in [-0.1, -0.05) is 18.2 Å². The Morgan fingerprint density at radius 1 is 1.17 bits per heavy atom. The van der Waals surface area contributed by atoms with E-state index in [4.69, 9.17) is 5.10 Å². The Morgan fingerprint density at radius 2 is 2.00 bits per heavy atom. The highest BCUT2D eigenvalue weighted by Gasteiger charge is 2.12. The van der Waals surface area contributed by atoms with Gasteiger partial charge < -0.3 is 10.4 Å². The van der Waals surface area contributed by atoms with Crippen LogP contribution in [-0.2, 0) is 6.54 Å².